The maximum atomic E-state index is 4.70. The van der Waals surface area contributed by atoms with Crippen LogP contribution in [-0.2, 0) is 0 Å². The predicted molar refractivity (Wildman–Crippen MR) is 80.1 cm³/mol. The first kappa shape index (κ1) is 13.5. The van der Waals surface area contributed by atoms with E-state index in [-0.39, 0.29) is 0 Å². The zero-order valence-electron chi connectivity index (χ0n) is 11.4. The van der Waals surface area contributed by atoms with Crippen LogP contribution < -0.4 is 5.32 Å². The van der Waals surface area contributed by atoms with Gasteiger partial charge in [0.15, 0.2) is 0 Å². The SMILES string of the molecule is CCC(CC)CNC(C)c1nc2ccccc2s1. The molecule has 98 valence electrons. The van der Waals surface area contributed by atoms with Crippen LogP contribution in [-0.4, -0.2) is 11.5 Å². The van der Waals surface area contributed by atoms with E-state index >= 15 is 0 Å². The average Bonchev–Trinajstić information content (AvgIpc) is 2.83. The first-order chi connectivity index (χ1) is 8.74. The van der Waals surface area contributed by atoms with Gasteiger partial charge in [0.05, 0.1) is 16.3 Å². The van der Waals surface area contributed by atoms with E-state index in [4.69, 9.17) is 4.98 Å². The predicted octanol–water partition coefficient (Wildman–Crippen LogP) is 4.38. The number of nitrogens with one attached hydrogen (secondary N) is 1. The Balaban J connectivity index is 2.02. The number of thiazole rings is 1. The van der Waals surface area contributed by atoms with Gasteiger partial charge in [-0.15, -0.1) is 11.3 Å². The van der Waals surface area contributed by atoms with E-state index in [1.165, 1.54) is 22.5 Å². The fourth-order valence-corrected chi connectivity index (χ4v) is 3.08. The molecule has 0 saturated carbocycles. The minimum absolute atomic E-state index is 0.350. The van der Waals surface area contributed by atoms with Crippen LogP contribution in [0.2, 0.25) is 0 Å². The molecule has 1 heterocycles. The number of hydrogen-bond donors (Lipinski definition) is 1. The highest BCUT2D eigenvalue weighted by atomic mass is 32.1. The topological polar surface area (TPSA) is 24.9 Å². The van der Waals surface area contributed by atoms with E-state index in [1.54, 1.807) is 11.3 Å². The minimum atomic E-state index is 0.350. The van der Waals surface area contributed by atoms with Crippen molar-refractivity contribution < 1.29 is 0 Å². The van der Waals surface area contributed by atoms with Crippen LogP contribution >= 0.6 is 11.3 Å². The lowest BCUT2D eigenvalue weighted by molar-refractivity contribution is 0.422. The molecule has 0 aliphatic carbocycles. The lowest BCUT2D eigenvalue weighted by Crippen LogP contribution is -2.25. The monoisotopic (exact) mass is 262 g/mol. The first-order valence-electron chi connectivity index (χ1n) is 6.83. The summed E-state index contributed by atoms with van der Waals surface area (Å²) in [4.78, 5) is 4.70. The lowest BCUT2D eigenvalue weighted by atomic mass is 10.0. The molecule has 0 bridgehead atoms. The second-order valence-corrected chi connectivity index (χ2v) is 5.89. The van der Waals surface area contributed by atoms with Gasteiger partial charge >= 0.3 is 0 Å². The summed E-state index contributed by atoms with van der Waals surface area (Å²) >= 11 is 1.80. The molecule has 1 aromatic carbocycles. The quantitative estimate of drug-likeness (QED) is 0.835. The normalized spacial score (nSPS) is 13.3. The fraction of sp³-hybridized carbons (Fsp3) is 0.533. The van der Waals surface area contributed by atoms with Crippen molar-refractivity contribution in [3.05, 3.63) is 29.3 Å². The molecule has 3 heteroatoms. The highest BCUT2D eigenvalue weighted by Gasteiger charge is 2.12. The maximum Gasteiger partial charge on any atom is 0.111 e. The van der Waals surface area contributed by atoms with Gasteiger partial charge in [-0.3, -0.25) is 0 Å². The highest BCUT2D eigenvalue weighted by molar-refractivity contribution is 7.18. The second-order valence-electron chi connectivity index (χ2n) is 4.83. The molecule has 1 atom stereocenters. The van der Waals surface area contributed by atoms with Gasteiger partial charge < -0.3 is 5.32 Å². The van der Waals surface area contributed by atoms with Gasteiger partial charge in [0.1, 0.15) is 5.01 Å². The molecule has 0 spiro atoms. The molecule has 18 heavy (non-hydrogen) atoms. The molecule has 0 saturated heterocycles. The Morgan fingerprint density at radius 1 is 1.22 bits per heavy atom. The third kappa shape index (κ3) is 3.09. The van der Waals surface area contributed by atoms with Crippen LogP contribution in [0.15, 0.2) is 24.3 Å². The number of aromatic nitrogens is 1. The van der Waals surface area contributed by atoms with E-state index in [1.807, 2.05) is 6.07 Å². The number of hydrogen-bond acceptors (Lipinski definition) is 3. The van der Waals surface area contributed by atoms with Gasteiger partial charge in [-0.05, 0) is 31.5 Å². The summed E-state index contributed by atoms with van der Waals surface area (Å²) < 4.78 is 1.28. The minimum Gasteiger partial charge on any atom is -0.308 e. The van der Waals surface area contributed by atoms with Crippen molar-refractivity contribution in [2.24, 2.45) is 5.92 Å². The molecule has 0 fully saturated rings. The Morgan fingerprint density at radius 2 is 1.94 bits per heavy atom. The standard InChI is InChI=1S/C15H22N2S/c1-4-12(5-2)10-16-11(3)15-17-13-8-6-7-9-14(13)18-15/h6-9,11-12,16H,4-5,10H2,1-3H3. The zero-order chi connectivity index (χ0) is 13.0. The largest absolute Gasteiger partial charge is 0.308 e. The molecule has 1 aromatic heterocycles. The molecule has 0 radical (unpaired) electrons. The van der Waals surface area contributed by atoms with Crippen molar-refractivity contribution in [2.75, 3.05) is 6.54 Å². The molecule has 2 aromatic rings. The summed E-state index contributed by atoms with van der Waals surface area (Å²) in [6.45, 7) is 7.82. The molecule has 1 N–H and O–H groups in total. The Kier molecular flexibility index (Phi) is 4.72. The number of benzene rings is 1. The Morgan fingerprint density at radius 3 is 2.61 bits per heavy atom. The molecule has 0 aliphatic heterocycles. The van der Waals surface area contributed by atoms with Crippen molar-refractivity contribution in [1.29, 1.82) is 0 Å². The molecule has 1 unspecified atom stereocenters. The van der Waals surface area contributed by atoms with Crippen LogP contribution in [0, 0.1) is 5.92 Å². The van der Waals surface area contributed by atoms with E-state index in [9.17, 15) is 0 Å². The Hall–Kier alpha value is -0.930. The van der Waals surface area contributed by atoms with Crippen molar-refractivity contribution >= 4 is 21.6 Å². The summed E-state index contributed by atoms with van der Waals surface area (Å²) in [5.74, 6) is 0.779. The third-order valence-electron chi connectivity index (χ3n) is 3.55. The maximum absolute atomic E-state index is 4.70. The number of rotatable bonds is 6. The van der Waals surface area contributed by atoms with Crippen LogP contribution in [0.1, 0.15) is 44.7 Å². The molecule has 0 amide bonds. The molecular weight excluding hydrogens is 240 g/mol. The summed E-state index contributed by atoms with van der Waals surface area (Å²) in [5, 5.41) is 4.81. The number of para-hydroxylation sites is 1. The number of fused-ring (bicyclic) bond motifs is 1. The van der Waals surface area contributed by atoms with Gasteiger partial charge in [0.25, 0.3) is 0 Å². The van der Waals surface area contributed by atoms with E-state index in [0.717, 1.165) is 18.0 Å². The summed E-state index contributed by atoms with van der Waals surface area (Å²) in [7, 11) is 0. The number of nitrogens with zero attached hydrogens (tertiary/aromatic N) is 1. The summed E-state index contributed by atoms with van der Waals surface area (Å²) in [6, 6.07) is 8.70. The van der Waals surface area contributed by atoms with Gasteiger partial charge in [-0.1, -0.05) is 38.8 Å². The van der Waals surface area contributed by atoms with Gasteiger partial charge in [-0.25, -0.2) is 4.98 Å². The van der Waals surface area contributed by atoms with Gasteiger partial charge in [0, 0.05) is 0 Å². The molecule has 2 rings (SSSR count). The first-order valence-corrected chi connectivity index (χ1v) is 7.65. The molecular formula is C15H22N2S. The van der Waals surface area contributed by atoms with Gasteiger partial charge in [0.2, 0.25) is 0 Å². The Bertz CT molecular complexity index is 455. The second kappa shape index (κ2) is 6.30. The third-order valence-corrected chi connectivity index (χ3v) is 4.77. The lowest BCUT2D eigenvalue weighted by Gasteiger charge is -2.16. The summed E-state index contributed by atoms with van der Waals surface area (Å²) in [6.07, 6.45) is 2.49. The van der Waals surface area contributed by atoms with E-state index in [2.05, 4.69) is 44.3 Å². The summed E-state index contributed by atoms with van der Waals surface area (Å²) in [5.41, 5.74) is 1.12. The Labute approximate surface area is 113 Å². The van der Waals surface area contributed by atoms with Crippen molar-refractivity contribution in [2.45, 2.75) is 39.7 Å². The smallest absolute Gasteiger partial charge is 0.111 e. The van der Waals surface area contributed by atoms with E-state index in [0.29, 0.717) is 6.04 Å². The van der Waals surface area contributed by atoms with Crippen molar-refractivity contribution in [3.8, 4) is 0 Å². The zero-order valence-corrected chi connectivity index (χ0v) is 12.3. The fourth-order valence-electron chi connectivity index (χ4n) is 2.08. The van der Waals surface area contributed by atoms with E-state index < -0.39 is 0 Å². The average molecular weight is 262 g/mol. The van der Waals surface area contributed by atoms with Crippen LogP contribution in [0.25, 0.3) is 10.2 Å². The van der Waals surface area contributed by atoms with Crippen LogP contribution in [0.5, 0.6) is 0 Å². The highest BCUT2D eigenvalue weighted by Crippen LogP contribution is 2.26. The van der Waals surface area contributed by atoms with Crippen molar-refractivity contribution in [1.82, 2.24) is 10.3 Å². The molecule has 2 nitrogen and oxygen atoms in total. The van der Waals surface area contributed by atoms with Gasteiger partial charge in [-0.2, -0.15) is 0 Å². The van der Waals surface area contributed by atoms with Crippen LogP contribution in [0.4, 0.5) is 0 Å². The van der Waals surface area contributed by atoms with Crippen molar-refractivity contribution in [3.63, 3.8) is 0 Å². The molecule has 0 aliphatic rings. The van der Waals surface area contributed by atoms with Crippen LogP contribution in [0.3, 0.4) is 0 Å².